The van der Waals surface area contributed by atoms with Gasteiger partial charge in [-0.3, -0.25) is 9.59 Å². The Morgan fingerprint density at radius 3 is 2.50 bits per heavy atom. The zero-order valence-corrected chi connectivity index (χ0v) is 10.5. The summed E-state index contributed by atoms with van der Waals surface area (Å²) in [5.41, 5.74) is 1.19. The number of hydrogen-bond acceptors (Lipinski definition) is 3. The molecule has 0 aliphatic rings. The summed E-state index contributed by atoms with van der Waals surface area (Å²) in [7, 11) is 0. The highest BCUT2D eigenvalue weighted by atomic mass is 35.5. The van der Waals surface area contributed by atoms with Crippen LogP contribution in [0.15, 0.2) is 41.2 Å². The van der Waals surface area contributed by atoms with E-state index in [9.17, 15) is 9.59 Å². The number of ketones is 1. The van der Waals surface area contributed by atoms with Crippen molar-refractivity contribution >= 4 is 17.4 Å². The van der Waals surface area contributed by atoms with Gasteiger partial charge in [-0.25, -0.2) is 4.68 Å². The molecule has 0 saturated carbocycles. The molecule has 0 aliphatic heterocycles. The Labute approximate surface area is 109 Å². The van der Waals surface area contributed by atoms with Crippen LogP contribution in [0.3, 0.4) is 0 Å². The summed E-state index contributed by atoms with van der Waals surface area (Å²) in [6.45, 7) is 1.41. The van der Waals surface area contributed by atoms with Crippen molar-refractivity contribution in [1.82, 2.24) is 9.78 Å². The Kier molecular flexibility index (Phi) is 3.58. The van der Waals surface area contributed by atoms with E-state index in [4.69, 9.17) is 11.6 Å². The maximum absolute atomic E-state index is 11.5. The van der Waals surface area contributed by atoms with Gasteiger partial charge in [0.1, 0.15) is 6.54 Å². The van der Waals surface area contributed by atoms with E-state index in [0.29, 0.717) is 10.7 Å². The SMILES string of the molecule is CC(=O)Cn1nc(-c2ccc(Cl)cc2)ccc1=O. The van der Waals surface area contributed by atoms with Crippen LogP contribution in [0.2, 0.25) is 5.02 Å². The maximum atomic E-state index is 11.5. The summed E-state index contributed by atoms with van der Waals surface area (Å²) in [6.07, 6.45) is 0. The van der Waals surface area contributed by atoms with Gasteiger partial charge >= 0.3 is 0 Å². The van der Waals surface area contributed by atoms with Crippen LogP contribution in [0.25, 0.3) is 11.3 Å². The van der Waals surface area contributed by atoms with E-state index in [1.165, 1.54) is 13.0 Å². The molecule has 0 N–H and O–H groups in total. The Balaban J connectivity index is 2.43. The lowest BCUT2D eigenvalue weighted by atomic mass is 10.1. The first-order valence-electron chi connectivity index (χ1n) is 5.40. The minimum Gasteiger partial charge on any atom is -0.298 e. The highest BCUT2D eigenvalue weighted by Crippen LogP contribution is 2.18. The van der Waals surface area contributed by atoms with Crippen LogP contribution in [0.5, 0.6) is 0 Å². The van der Waals surface area contributed by atoms with Crippen LogP contribution in [0.4, 0.5) is 0 Å². The molecule has 4 nitrogen and oxygen atoms in total. The highest BCUT2D eigenvalue weighted by molar-refractivity contribution is 6.30. The van der Waals surface area contributed by atoms with Crippen LogP contribution in [-0.4, -0.2) is 15.6 Å². The molecule has 0 unspecified atom stereocenters. The van der Waals surface area contributed by atoms with Gasteiger partial charge in [0.25, 0.3) is 5.56 Å². The standard InChI is InChI=1S/C13H11ClN2O2/c1-9(17)8-16-13(18)7-6-12(15-16)10-2-4-11(14)5-3-10/h2-7H,8H2,1H3. The van der Waals surface area contributed by atoms with Gasteiger partial charge in [-0.2, -0.15) is 5.10 Å². The minimum atomic E-state index is -0.289. The lowest BCUT2D eigenvalue weighted by Gasteiger charge is -2.05. The number of hydrogen-bond donors (Lipinski definition) is 0. The number of aromatic nitrogens is 2. The molecule has 1 heterocycles. The Morgan fingerprint density at radius 1 is 1.22 bits per heavy atom. The van der Waals surface area contributed by atoms with Crippen molar-refractivity contribution < 1.29 is 4.79 Å². The minimum absolute atomic E-state index is 0.0136. The highest BCUT2D eigenvalue weighted by Gasteiger charge is 2.05. The molecule has 0 atom stereocenters. The van der Waals surface area contributed by atoms with E-state index in [1.54, 1.807) is 18.2 Å². The predicted molar refractivity (Wildman–Crippen MR) is 69.6 cm³/mol. The number of benzene rings is 1. The molecular weight excluding hydrogens is 252 g/mol. The van der Waals surface area contributed by atoms with Gasteiger partial charge in [0, 0.05) is 16.7 Å². The maximum Gasteiger partial charge on any atom is 0.267 e. The van der Waals surface area contributed by atoms with Crippen molar-refractivity contribution in [2.75, 3.05) is 0 Å². The lowest BCUT2D eigenvalue weighted by Crippen LogP contribution is -2.25. The van der Waals surface area contributed by atoms with E-state index >= 15 is 0 Å². The molecule has 0 saturated heterocycles. The zero-order chi connectivity index (χ0) is 13.1. The van der Waals surface area contributed by atoms with E-state index in [0.717, 1.165) is 10.2 Å². The topological polar surface area (TPSA) is 52.0 Å². The summed E-state index contributed by atoms with van der Waals surface area (Å²) >= 11 is 5.80. The fourth-order valence-corrected chi connectivity index (χ4v) is 1.67. The van der Waals surface area contributed by atoms with Crippen molar-refractivity contribution in [3.8, 4) is 11.3 Å². The fraction of sp³-hybridized carbons (Fsp3) is 0.154. The third-order valence-electron chi connectivity index (χ3n) is 2.38. The molecule has 0 fully saturated rings. The Hall–Kier alpha value is -1.94. The molecule has 0 radical (unpaired) electrons. The van der Waals surface area contributed by atoms with Gasteiger partial charge in [-0.1, -0.05) is 23.7 Å². The normalized spacial score (nSPS) is 10.3. The number of rotatable bonds is 3. The van der Waals surface area contributed by atoms with Crippen molar-refractivity contribution in [3.05, 3.63) is 51.8 Å². The summed E-state index contributed by atoms with van der Waals surface area (Å²) in [4.78, 5) is 22.6. The lowest BCUT2D eigenvalue weighted by molar-refractivity contribution is -0.117. The number of carbonyl (C=O) groups is 1. The van der Waals surface area contributed by atoms with E-state index in [-0.39, 0.29) is 17.9 Å². The third-order valence-corrected chi connectivity index (χ3v) is 2.63. The molecule has 0 aliphatic carbocycles. The molecule has 92 valence electrons. The van der Waals surface area contributed by atoms with E-state index in [1.807, 2.05) is 12.1 Å². The fourth-order valence-electron chi connectivity index (χ4n) is 1.55. The van der Waals surface area contributed by atoms with Gasteiger partial charge in [-0.15, -0.1) is 0 Å². The Bertz CT molecular complexity index is 632. The number of Topliss-reactive ketones (excluding diaryl/α,β-unsaturated/α-hetero) is 1. The molecule has 5 heteroatoms. The van der Waals surface area contributed by atoms with Crippen LogP contribution in [0, 0.1) is 0 Å². The zero-order valence-electron chi connectivity index (χ0n) is 9.76. The number of nitrogens with zero attached hydrogens (tertiary/aromatic N) is 2. The smallest absolute Gasteiger partial charge is 0.267 e. The number of halogens is 1. The summed E-state index contributed by atoms with van der Waals surface area (Å²) in [5.74, 6) is -0.113. The second-order valence-electron chi connectivity index (χ2n) is 3.92. The first-order valence-corrected chi connectivity index (χ1v) is 5.77. The van der Waals surface area contributed by atoms with Crippen molar-refractivity contribution in [3.63, 3.8) is 0 Å². The van der Waals surface area contributed by atoms with Crippen LogP contribution in [0.1, 0.15) is 6.92 Å². The molecule has 0 amide bonds. The first kappa shape index (κ1) is 12.5. The van der Waals surface area contributed by atoms with Gasteiger partial charge in [0.15, 0.2) is 5.78 Å². The monoisotopic (exact) mass is 262 g/mol. The second-order valence-corrected chi connectivity index (χ2v) is 4.36. The van der Waals surface area contributed by atoms with Gasteiger partial charge in [0.2, 0.25) is 0 Å². The summed E-state index contributed by atoms with van der Waals surface area (Å²) in [5, 5.41) is 4.79. The summed E-state index contributed by atoms with van der Waals surface area (Å²) < 4.78 is 1.16. The van der Waals surface area contributed by atoms with Crippen LogP contribution >= 0.6 is 11.6 Å². The molecule has 2 rings (SSSR count). The van der Waals surface area contributed by atoms with Crippen LogP contribution < -0.4 is 5.56 Å². The van der Waals surface area contributed by atoms with Crippen molar-refractivity contribution in [2.24, 2.45) is 0 Å². The van der Waals surface area contributed by atoms with Gasteiger partial charge in [0.05, 0.1) is 5.69 Å². The average Bonchev–Trinajstić information content (AvgIpc) is 2.32. The summed E-state index contributed by atoms with van der Waals surface area (Å²) in [6, 6.07) is 10.2. The molecule has 0 bridgehead atoms. The van der Waals surface area contributed by atoms with E-state index in [2.05, 4.69) is 5.10 Å². The molecule has 0 spiro atoms. The first-order chi connectivity index (χ1) is 8.56. The predicted octanol–water partition coefficient (Wildman–Crippen LogP) is 2.15. The number of carbonyl (C=O) groups excluding carboxylic acids is 1. The molecule has 2 aromatic rings. The van der Waals surface area contributed by atoms with Crippen LogP contribution in [-0.2, 0) is 11.3 Å². The van der Waals surface area contributed by atoms with Gasteiger partial charge in [-0.05, 0) is 25.1 Å². The molecule has 1 aromatic carbocycles. The van der Waals surface area contributed by atoms with Crippen molar-refractivity contribution in [1.29, 1.82) is 0 Å². The molecule has 1 aromatic heterocycles. The largest absolute Gasteiger partial charge is 0.298 e. The van der Waals surface area contributed by atoms with E-state index < -0.39 is 0 Å². The quantitative estimate of drug-likeness (QED) is 0.852. The molecule has 18 heavy (non-hydrogen) atoms. The molecular formula is C13H11ClN2O2. The van der Waals surface area contributed by atoms with Gasteiger partial charge < -0.3 is 0 Å². The van der Waals surface area contributed by atoms with Crippen molar-refractivity contribution in [2.45, 2.75) is 13.5 Å². The Morgan fingerprint density at radius 2 is 1.89 bits per heavy atom. The third kappa shape index (κ3) is 2.84. The average molecular weight is 263 g/mol. The second kappa shape index (κ2) is 5.14.